The lowest BCUT2D eigenvalue weighted by molar-refractivity contribution is 0.536. The van der Waals surface area contributed by atoms with E-state index < -0.39 is 0 Å². The first-order chi connectivity index (χ1) is 8.81. The van der Waals surface area contributed by atoms with E-state index in [4.69, 9.17) is 11.6 Å². The van der Waals surface area contributed by atoms with E-state index in [1.165, 1.54) is 89.9 Å². The first-order valence-corrected chi connectivity index (χ1v) is 8.89. The van der Waals surface area contributed by atoms with Crippen molar-refractivity contribution in [3.8, 4) is 0 Å². The van der Waals surface area contributed by atoms with Crippen LogP contribution in [0.25, 0.3) is 0 Å². The molecule has 0 nitrogen and oxygen atoms in total. The molecule has 19 heavy (non-hydrogen) atoms. The van der Waals surface area contributed by atoms with Gasteiger partial charge in [0.25, 0.3) is 0 Å². The Bertz CT molecular complexity index is 150. The van der Waals surface area contributed by atoms with Gasteiger partial charge in [0, 0.05) is 5.38 Å². The molecule has 0 heterocycles. The van der Waals surface area contributed by atoms with Crippen molar-refractivity contribution in [2.24, 2.45) is 0 Å². The minimum atomic E-state index is 0. The van der Waals surface area contributed by atoms with Gasteiger partial charge in [-0.05, 0) is 12.8 Å². The smallest absolute Gasteiger partial charge is 0.0336 e. The summed E-state index contributed by atoms with van der Waals surface area (Å²) in [5.41, 5.74) is 0. The highest BCUT2D eigenvalue weighted by atomic mass is 35.5. The Kier molecular flexibility index (Phi) is 21.7. The molecule has 0 aromatic carbocycles. The zero-order valence-electron chi connectivity index (χ0n) is 13.6. The zero-order chi connectivity index (χ0) is 13.5. The standard InChI is InChI=1S/C17H35Cl.H3P/c1-3-5-6-7-8-9-10-11-12-13-14-16-17(18)15-4-2;/h17H,3-16H2,1-2H3;1H3. The molecule has 0 amide bonds. The van der Waals surface area contributed by atoms with E-state index in [0.29, 0.717) is 5.38 Å². The molecule has 0 aliphatic heterocycles. The lowest BCUT2D eigenvalue weighted by Gasteiger charge is -2.07. The molecule has 0 saturated heterocycles. The van der Waals surface area contributed by atoms with Gasteiger partial charge >= 0.3 is 0 Å². The summed E-state index contributed by atoms with van der Waals surface area (Å²) in [5, 5.41) is 0.438. The third-order valence-corrected chi connectivity index (χ3v) is 4.16. The number of unbranched alkanes of at least 4 members (excludes halogenated alkanes) is 10. The molecule has 0 aliphatic rings. The Balaban J connectivity index is 0. The van der Waals surface area contributed by atoms with Crippen molar-refractivity contribution in [2.75, 3.05) is 0 Å². The van der Waals surface area contributed by atoms with Crippen LogP contribution in [0, 0.1) is 0 Å². The van der Waals surface area contributed by atoms with Crippen molar-refractivity contribution in [3.63, 3.8) is 0 Å². The van der Waals surface area contributed by atoms with E-state index >= 15 is 0 Å². The van der Waals surface area contributed by atoms with Crippen molar-refractivity contribution in [2.45, 2.75) is 109 Å². The van der Waals surface area contributed by atoms with Gasteiger partial charge in [0.2, 0.25) is 0 Å². The summed E-state index contributed by atoms with van der Waals surface area (Å²) in [7, 11) is 0. The number of rotatable bonds is 14. The van der Waals surface area contributed by atoms with Gasteiger partial charge in [-0.15, -0.1) is 11.6 Å². The summed E-state index contributed by atoms with van der Waals surface area (Å²) in [6.45, 7) is 4.50. The van der Waals surface area contributed by atoms with Crippen molar-refractivity contribution in [1.29, 1.82) is 0 Å². The molecule has 2 atom stereocenters. The van der Waals surface area contributed by atoms with Crippen LogP contribution in [0.1, 0.15) is 104 Å². The first-order valence-electron chi connectivity index (χ1n) is 8.45. The minimum Gasteiger partial charge on any atom is -0.153 e. The second-order valence-electron chi connectivity index (χ2n) is 5.71. The molecular formula is C17H38ClP. The molecule has 0 spiro atoms. The summed E-state index contributed by atoms with van der Waals surface area (Å²) < 4.78 is 0. The average Bonchev–Trinajstić information content (AvgIpc) is 2.36. The Morgan fingerprint density at radius 2 is 1.00 bits per heavy atom. The highest BCUT2D eigenvalue weighted by Crippen LogP contribution is 2.16. The van der Waals surface area contributed by atoms with E-state index in [-0.39, 0.29) is 9.90 Å². The van der Waals surface area contributed by atoms with Crippen LogP contribution < -0.4 is 0 Å². The Morgan fingerprint density at radius 1 is 0.579 bits per heavy atom. The van der Waals surface area contributed by atoms with Gasteiger partial charge in [-0.3, -0.25) is 0 Å². The van der Waals surface area contributed by atoms with Crippen LogP contribution in [-0.2, 0) is 0 Å². The molecule has 0 fully saturated rings. The first kappa shape index (κ1) is 22.0. The summed E-state index contributed by atoms with van der Waals surface area (Å²) in [6, 6.07) is 0. The number of hydrogen-bond acceptors (Lipinski definition) is 0. The third kappa shape index (κ3) is 18.7. The van der Waals surface area contributed by atoms with Crippen LogP contribution in [-0.4, -0.2) is 5.38 Å². The van der Waals surface area contributed by atoms with Gasteiger partial charge in [0.15, 0.2) is 0 Å². The van der Waals surface area contributed by atoms with Gasteiger partial charge in [-0.25, -0.2) is 0 Å². The average molecular weight is 309 g/mol. The molecule has 2 unspecified atom stereocenters. The Hall–Kier alpha value is 0.720. The molecule has 0 aromatic heterocycles. The van der Waals surface area contributed by atoms with Crippen LogP contribution in [0.4, 0.5) is 0 Å². The van der Waals surface area contributed by atoms with E-state index in [1.807, 2.05) is 0 Å². The Labute approximate surface area is 131 Å². The number of halogens is 1. The van der Waals surface area contributed by atoms with Crippen LogP contribution >= 0.6 is 21.5 Å². The Morgan fingerprint density at radius 3 is 1.42 bits per heavy atom. The fourth-order valence-corrected chi connectivity index (χ4v) is 2.86. The molecule has 2 heteroatoms. The quantitative estimate of drug-likeness (QED) is 0.181. The summed E-state index contributed by atoms with van der Waals surface area (Å²) >= 11 is 6.20. The normalized spacial score (nSPS) is 12.2. The largest absolute Gasteiger partial charge is 0.153 e. The second-order valence-corrected chi connectivity index (χ2v) is 6.33. The molecule has 118 valence electrons. The SMILES string of the molecule is CCCCCCCCCCCCCC(Cl)CCC.P. The molecule has 0 radical (unpaired) electrons. The van der Waals surface area contributed by atoms with Crippen LogP contribution in [0.15, 0.2) is 0 Å². The lowest BCUT2D eigenvalue weighted by Crippen LogP contribution is -1.97. The maximum atomic E-state index is 6.20. The second kappa shape index (κ2) is 18.7. The van der Waals surface area contributed by atoms with Gasteiger partial charge in [-0.2, -0.15) is 9.90 Å². The third-order valence-electron chi connectivity index (χ3n) is 3.72. The summed E-state index contributed by atoms with van der Waals surface area (Å²) in [6.07, 6.45) is 19.3. The lowest BCUT2D eigenvalue weighted by atomic mass is 10.0. The molecular weight excluding hydrogens is 271 g/mol. The van der Waals surface area contributed by atoms with E-state index in [2.05, 4.69) is 13.8 Å². The van der Waals surface area contributed by atoms with E-state index in [1.54, 1.807) is 0 Å². The monoisotopic (exact) mass is 308 g/mol. The molecule has 0 aliphatic carbocycles. The van der Waals surface area contributed by atoms with Crippen molar-refractivity contribution >= 4 is 21.5 Å². The molecule has 0 rings (SSSR count). The van der Waals surface area contributed by atoms with E-state index in [0.717, 1.165) is 0 Å². The highest BCUT2D eigenvalue weighted by molar-refractivity contribution is 6.92. The number of alkyl halides is 1. The van der Waals surface area contributed by atoms with Crippen LogP contribution in [0.3, 0.4) is 0 Å². The summed E-state index contributed by atoms with van der Waals surface area (Å²) in [5.74, 6) is 0. The summed E-state index contributed by atoms with van der Waals surface area (Å²) in [4.78, 5) is 0. The molecule has 0 bridgehead atoms. The fourth-order valence-electron chi connectivity index (χ4n) is 2.49. The minimum absolute atomic E-state index is 0. The van der Waals surface area contributed by atoms with Gasteiger partial charge in [-0.1, -0.05) is 90.9 Å². The van der Waals surface area contributed by atoms with Crippen molar-refractivity contribution in [3.05, 3.63) is 0 Å². The van der Waals surface area contributed by atoms with Crippen molar-refractivity contribution in [1.82, 2.24) is 0 Å². The van der Waals surface area contributed by atoms with Crippen LogP contribution in [0.2, 0.25) is 0 Å². The zero-order valence-corrected chi connectivity index (χ0v) is 15.7. The molecule has 0 saturated carbocycles. The fraction of sp³-hybridized carbons (Fsp3) is 1.00. The van der Waals surface area contributed by atoms with E-state index in [9.17, 15) is 0 Å². The van der Waals surface area contributed by atoms with Gasteiger partial charge in [0.05, 0.1) is 0 Å². The number of hydrogen-bond donors (Lipinski definition) is 0. The van der Waals surface area contributed by atoms with Gasteiger partial charge in [0.1, 0.15) is 0 Å². The maximum absolute atomic E-state index is 6.20. The predicted octanol–water partition coefficient (Wildman–Crippen LogP) is 7.15. The molecule has 0 N–H and O–H groups in total. The van der Waals surface area contributed by atoms with Gasteiger partial charge < -0.3 is 0 Å². The van der Waals surface area contributed by atoms with Crippen molar-refractivity contribution < 1.29 is 0 Å². The maximum Gasteiger partial charge on any atom is 0.0336 e. The highest BCUT2D eigenvalue weighted by Gasteiger charge is 2.01. The topological polar surface area (TPSA) is 0 Å². The molecule has 0 aromatic rings. The van der Waals surface area contributed by atoms with Crippen LogP contribution in [0.5, 0.6) is 0 Å². The predicted molar refractivity (Wildman–Crippen MR) is 96.7 cm³/mol.